The molecule has 1 aromatic carbocycles. The third kappa shape index (κ3) is 4.43. The van der Waals surface area contributed by atoms with Gasteiger partial charge in [0.05, 0.1) is 36.1 Å². The second-order valence-electron chi connectivity index (χ2n) is 8.54. The lowest BCUT2D eigenvalue weighted by molar-refractivity contribution is -0.137. The van der Waals surface area contributed by atoms with Crippen molar-refractivity contribution in [1.82, 2.24) is 29.3 Å². The van der Waals surface area contributed by atoms with Crippen molar-refractivity contribution >= 4 is 23.8 Å². The van der Waals surface area contributed by atoms with E-state index in [0.29, 0.717) is 36.3 Å². The summed E-state index contributed by atoms with van der Waals surface area (Å²) < 4.78 is 50.1. The van der Waals surface area contributed by atoms with Gasteiger partial charge in [0.2, 0.25) is 11.8 Å². The maximum absolute atomic E-state index is 13.7. The minimum absolute atomic E-state index is 0.0677. The number of halogens is 3. The van der Waals surface area contributed by atoms with Gasteiger partial charge in [0, 0.05) is 18.8 Å². The summed E-state index contributed by atoms with van der Waals surface area (Å²) in [5, 5.41) is 4.50. The number of anilines is 2. The molecule has 186 valence electrons. The zero-order chi connectivity index (χ0) is 25.4. The lowest BCUT2D eigenvalue weighted by Gasteiger charge is -2.35. The lowest BCUT2D eigenvalue weighted by atomic mass is 10.1. The number of alkyl halides is 3. The number of rotatable bonds is 5. The predicted molar refractivity (Wildman–Crippen MR) is 129 cm³/mol. The molecule has 0 N–H and O–H groups in total. The molecule has 1 atom stereocenters. The fourth-order valence-electron chi connectivity index (χ4n) is 4.25. The van der Waals surface area contributed by atoms with E-state index in [1.807, 2.05) is 36.7 Å². The molecule has 3 aromatic heterocycles. The third-order valence-corrected chi connectivity index (χ3v) is 6.00. The van der Waals surface area contributed by atoms with Crippen LogP contribution in [-0.2, 0) is 12.7 Å². The summed E-state index contributed by atoms with van der Waals surface area (Å²) in [5.74, 6) is 1.18. The van der Waals surface area contributed by atoms with E-state index in [0.717, 1.165) is 17.4 Å². The van der Waals surface area contributed by atoms with Crippen LogP contribution < -0.4 is 9.64 Å². The molecule has 11 heteroatoms. The van der Waals surface area contributed by atoms with Gasteiger partial charge in [-0.1, -0.05) is 12.1 Å². The van der Waals surface area contributed by atoms with E-state index in [9.17, 15) is 13.2 Å². The highest BCUT2D eigenvalue weighted by atomic mass is 19.4. The van der Waals surface area contributed by atoms with Gasteiger partial charge < -0.3 is 14.2 Å². The fourth-order valence-corrected chi connectivity index (χ4v) is 4.25. The average molecular weight is 496 g/mol. The first-order chi connectivity index (χ1) is 17.2. The molecule has 8 nitrogen and oxygen atoms in total. The smallest absolute Gasteiger partial charge is 0.418 e. The molecule has 0 fully saturated rings. The number of methoxy groups -OCH3 is 1. The maximum Gasteiger partial charge on any atom is 0.418 e. The standard InChI is InChI=1S/C25H24F3N7O/c1-16-14-33(15-29-16)21-10-8-18(30-23(21)36-3)9-11-22-31-24-34(32-22)13-12-17(2)35(24)20-7-5-4-6-19(20)25(26,27)28/h4-11,14-15,17H,12-13H2,1-3H3/b11-9+/t17-/m1/s1. The van der Waals surface area contributed by atoms with Crippen LogP contribution in [0.4, 0.5) is 24.8 Å². The van der Waals surface area contributed by atoms with Crippen molar-refractivity contribution < 1.29 is 17.9 Å². The van der Waals surface area contributed by atoms with Crippen LogP contribution in [0.2, 0.25) is 0 Å². The first-order valence-corrected chi connectivity index (χ1v) is 11.4. The van der Waals surface area contributed by atoms with Gasteiger partial charge >= 0.3 is 6.18 Å². The van der Waals surface area contributed by atoms with Gasteiger partial charge in [-0.3, -0.25) is 0 Å². The molecule has 1 aliphatic rings. The largest absolute Gasteiger partial charge is 0.479 e. The van der Waals surface area contributed by atoms with Gasteiger partial charge in [0.25, 0.3) is 0 Å². The number of benzene rings is 1. The zero-order valence-corrected chi connectivity index (χ0v) is 19.9. The molecule has 0 saturated carbocycles. The van der Waals surface area contributed by atoms with Crippen LogP contribution in [0.3, 0.4) is 0 Å². The summed E-state index contributed by atoms with van der Waals surface area (Å²) in [6.07, 6.45) is 3.15. The number of pyridine rings is 1. The summed E-state index contributed by atoms with van der Waals surface area (Å²) in [6.45, 7) is 4.35. The molecule has 0 aliphatic carbocycles. The van der Waals surface area contributed by atoms with Gasteiger partial charge in [-0.25, -0.2) is 14.6 Å². The van der Waals surface area contributed by atoms with Crippen LogP contribution >= 0.6 is 0 Å². The van der Waals surface area contributed by atoms with Crippen LogP contribution in [0, 0.1) is 6.92 Å². The molecule has 4 heterocycles. The second kappa shape index (κ2) is 9.14. The van der Waals surface area contributed by atoms with E-state index in [-0.39, 0.29) is 11.7 Å². The molecule has 5 rings (SSSR count). The number of fused-ring (bicyclic) bond motifs is 1. The number of para-hydroxylation sites is 1. The van der Waals surface area contributed by atoms with Gasteiger partial charge in [-0.05, 0) is 56.7 Å². The van der Waals surface area contributed by atoms with Crippen molar-refractivity contribution in [2.24, 2.45) is 0 Å². The molecule has 0 unspecified atom stereocenters. The number of hydrogen-bond acceptors (Lipinski definition) is 6. The number of imidazole rings is 1. The second-order valence-corrected chi connectivity index (χ2v) is 8.54. The number of aromatic nitrogens is 6. The van der Waals surface area contributed by atoms with Gasteiger partial charge in [0.15, 0.2) is 5.82 Å². The first-order valence-electron chi connectivity index (χ1n) is 11.4. The van der Waals surface area contributed by atoms with Gasteiger partial charge in [-0.15, -0.1) is 5.10 Å². The summed E-state index contributed by atoms with van der Waals surface area (Å²) in [5.41, 5.74) is 1.61. The predicted octanol–water partition coefficient (Wildman–Crippen LogP) is 5.30. The molecule has 1 aliphatic heterocycles. The minimum Gasteiger partial charge on any atom is -0.479 e. The molecular formula is C25H24F3N7O. The molecule has 0 spiro atoms. The van der Waals surface area contributed by atoms with E-state index < -0.39 is 11.7 Å². The molecule has 0 saturated heterocycles. The maximum atomic E-state index is 13.7. The highest BCUT2D eigenvalue weighted by molar-refractivity contribution is 5.68. The molecule has 0 bridgehead atoms. The van der Waals surface area contributed by atoms with Crippen LogP contribution in [0.25, 0.3) is 17.8 Å². The Morgan fingerprint density at radius 3 is 2.58 bits per heavy atom. The zero-order valence-electron chi connectivity index (χ0n) is 19.9. The quantitative estimate of drug-likeness (QED) is 0.374. The number of aryl methyl sites for hydroxylation is 2. The molecular weight excluding hydrogens is 471 g/mol. The Morgan fingerprint density at radius 1 is 1.06 bits per heavy atom. The Labute approximate surface area is 205 Å². The number of ether oxygens (including phenoxy) is 1. The first kappa shape index (κ1) is 23.6. The molecule has 0 amide bonds. The van der Waals surface area contributed by atoms with E-state index in [1.165, 1.54) is 12.1 Å². The van der Waals surface area contributed by atoms with Gasteiger partial charge in [0.1, 0.15) is 5.69 Å². The highest BCUT2D eigenvalue weighted by Crippen LogP contribution is 2.41. The number of hydrogen-bond donors (Lipinski definition) is 0. The molecule has 4 aromatic rings. The van der Waals surface area contributed by atoms with Crippen molar-refractivity contribution in [1.29, 1.82) is 0 Å². The van der Waals surface area contributed by atoms with Crippen molar-refractivity contribution in [3.63, 3.8) is 0 Å². The van der Waals surface area contributed by atoms with E-state index >= 15 is 0 Å². The van der Waals surface area contributed by atoms with E-state index in [2.05, 4.69) is 20.1 Å². The normalized spacial score (nSPS) is 15.9. The van der Waals surface area contributed by atoms with Crippen LogP contribution in [0.5, 0.6) is 5.88 Å². The summed E-state index contributed by atoms with van der Waals surface area (Å²) in [7, 11) is 1.54. The van der Waals surface area contributed by atoms with Crippen molar-refractivity contribution in [2.75, 3.05) is 12.0 Å². The minimum atomic E-state index is -4.48. The van der Waals surface area contributed by atoms with Crippen molar-refractivity contribution in [3.8, 4) is 11.6 Å². The Kier molecular flexibility index (Phi) is 5.99. The summed E-state index contributed by atoms with van der Waals surface area (Å²) in [6, 6.07) is 9.07. The Hall–Kier alpha value is -4.15. The molecule has 36 heavy (non-hydrogen) atoms. The average Bonchev–Trinajstić information content (AvgIpc) is 3.48. The summed E-state index contributed by atoms with van der Waals surface area (Å²) in [4.78, 5) is 14.9. The lowest BCUT2D eigenvalue weighted by Crippen LogP contribution is -2.37. The Morgan fingerprint density at radius 2 is 1.86 bits per heavy atom. The van der Waals surface area contributed by atoms with Crippen LogP contribution in [-0.4, -0.2) is 42.5 Å². The fraction of sp³-hybridized carbons (Fsp3) is 0.280. The topological polar surface area (TPSA) is 73.9 Å². The van der Waals surface area contributed by atoms with Gasteiger partial charge in [-0.2, -0.15) is 18.2 Å². The van der Waals surface area contributed by atoms with Crippen LogP contribution in [0.1, 0.15) is 36.1 Å². The highest BCUT2D eigenvalue weighted by Gasteiger charge is 2.38. The van der Waals surface area contributed by atoms with E-state index in [1.54, 1.807) is 41.2 Å². The van der Waals surface area contributed by atoms with E-state index in [4.69, 9.17) is 4.74 Å². The summed E-state index contributed by atoms with van der Waals surface area (Å²) >= 11 is 0. The molecule has 0 radical (unpaired) electrons. The van der Waals surface area contributed by atoms with Crippen LogP contribution in [0.15, 0.2) is 48.9 Å². The SMILES string of the molecule is COc1nc(/C=C/c2nc3n(n2)CC[C@@H](C)N3c2ccccc2C(F)(F)F)ccc1-n1cnc(C)c1. The monoisotopic (exact) mass is 495 g/mol. The third-order valence-electron chi connectivity index (χ3n) is 6.00. The Bertz CT molecular complexity index is 1420. The van der Waals surface area contributed by atoms with Crippen molar-refractivity contribution in [2.45, 2.75) is 39.0 Å². The number of nitrogens with zero attached hydrogens (tertiary/aromatic N) is 7. The van der Waals surface area contributed by atoms with Crippen molar-refractivity contribution in [3.05, 3.63) is 71.7 Å². The Balaban J connectivity index is 1.46.